The van der Waals surface area contributed by atoms with Crippen LogP contribution in [0.15, 0.2) is 36.4 Å². The van der Waals surface area contributed by atoms with Gasteiger partial charge in [0.05, 0.1) is 0 Å². The predicted molar refractivity (Wildman–Crippen MR) is 127 cm³/mol. The number of piperidine rings is 2. The number of rotatable bonds is 6. The zero-order chi connectivity index (χ0) is 23.1. The molecule has 1 aromatic rings. The Kier molecular flexibility index (Phi) is 8.48. The lowest BCUT2D eigenvalue weighted by Crippen LogP contribution is -2.48. The largest absolute Gasteiger partial charge is 0.353 e. The summed E-state index contributed by atoms with van der Waals surface area (Å²) < 4.78 is 0. The van der Waals surface area contributed by atoms with Crippen LogP contribution in [0.25, 0.3) is 6.08 Å². The summed E-state index contributed by atoms with van der Waals surface area (Å²) in [4.78, 5) is 41.7. The molecular weight excluding hydrogens is 402 g/mol. The minimum Gasteiger partial charge on any atom is -0.353 e. The summed E-state index contributed by atoms with van der Waals surface area (Å²) in [6.07, 6.45) is 6.31. The molecule has 0 aromatic heterocycles. The standard InChI is InChI=1S/C26H37N3O3/c1-19(2)20(3)27-25(31)22-11-17-29(18-12-22)26(32)23-13-15-28(16-14-23)24(30)10-9-21-7-5-4-6-8-21/h4-10,19-20,22-23H,11-18H2,1-3H3,(H,27,31)/b10-9+. The zero-order valence-corrected chi connectivity index (χ0v) is 19.6. The van der Waals surface area contributed by atoms with E-state index in [4.69, 9.17) is 0 Å². The Labute approximate surface area is 192 Å². The van der Waals surface area contributed by atoms with Crippen molar-refractivity contribution in [3.8, 4) is 0 Å². The Bertz CT molecular complexity index is 805. The molecule has 0 bridgehead atoms. The minimum atomic E-state index is -0.0245. The molecule has 3 rings (SSSR count). The number of hydrogen-bond donors (Lipinski definition) is 1. The first kappa shape index (κ1) is 24.0. The molecule has 0 spiro atoms. The van der Waals surface area contributed by atoms with Gasteiger partial charge in [0, 0.05) is 50.1 Å². The molecule has 0 radical (unpaired) electrons. The summed E-state index contributed by atoms with van der Waals surface area (Å²) in [5.74, 6) is 0.689. The molecule has 2 aliphatic heterocycles. The summed E-state index contributed by atoms with van der Waals surface area (Å²) in [5, 5.41) is 3.11. The average molecular weight is 440 g/mol. The first-order chi connectivity index (χ1) is 15.3. The molecule has 2 fully saturated rings. The maximum atomic E-state index is 13.0. The molecule has 0 saturated carbocycles. The van der Waals surface area contributed by atoms with Gasteiger partial charge in [-0.05, 0) is 50.2 Å². The number of amides is 3. The highest BCUT2D eigenvalue weighted by molar-refractivity contribution is 5.92. The fourth-order valence-corrected chi connectivity index (χ4v) is 4.31. The topological polar surface area (TPSA) is 69.7 Å². The molecule has 2 saturated heterocycles. The van der Waals surface area contributed by atoms with E-state index in [1.807, 2.05) is 53.1 Å². The second-order valence-electron chi connectivity index (χ2n) is 9.48. The van der Waals surface area contributed by atoms with Crippen LogP contribution in [0.2, 0.25) is 0 Å². The van der Waals surface area contributed by atoms with Crippen molar-refractivity contribution in [2.24, 2.45) is 17.8 Å². The first-order valence-electron chi connectivity index (χ1n) is 12.0. The highest BCUT2D eigenvalue weighted by Crippen LogP contribution is 2.24. The third-order valence-electron chi connectivity index (χ3n) is 6.92. The van der Waals surface area contributed by atoms with Crippen LogP contribution >= 0.6 is 0 Å². The number of nitrogens with zero attached hydrogens (tertiary/aromatic N) is 2. The molecule has 3 amide bonds. The first-order valence-corrected chi connectivity index (χ1v) is 12.0. The van der Waals surface area contributed by atoms with Gasteiger partial charge in [0.25, 0.3) is 0 Å². The van der Waals surface area contributed by atoms with E-state index >= 15 is 0 Å². The van der Waals surface area contributed by atoms with Crippen LogP contribution < -0.4 is 5.32 Å². The fourth-order valence-electron chi connectivity index (χ4n) is 4.31. The normalized spacial score (nSPS) is 19.4. The molecular formula is C26H37N3O3. The summed E-state index contributed by atoms with van der Waals surface area (Å²) in [7, 11) is 0. The minimum absolute atomic E-state index is 0.00204. The number of benzene rings is 1. The van der Waals surface area contributed by atoms with Crippen molar-refractivity contribution in [2.45, 2.75) is 52.5 Å². The van der Waals surface area contributed by atoms with Crippen molar-refractivity contribution in [1.82, 2.24) is 15.1 Å². The van der Waals surface area contributed by atoms with Crippen LogP contribution in [0.5, 0.6) is 0 Å². The fraction of sp³-hybridized carbons (Fsp3) is 0.577. The van der Waals surface area contributed by atoms with Crippen LogP contribution in [0.4, 0.5) is 0 Å². The van der Waals surface area contributed by atoms with Gasteiger partial charge in [-0.3, -0.25) is 14.4 Å². The van der Waals surface area contributed by atoms with Gasteiger partial charge in [-0.1, -0.05) is 44.2 Å². The van der Waals surface area contributed by atoms with Gasteiger partial charge < -0.3 is 15.1 Å². The van der Waals surface area contributed by atoms with Gasteiger partial charge in [0.2, 0.25) is 17.7 Å². The van der Waals surface area contributed by atoms with Gasteiger partial charge in [-0.15, -0.1) is 0 Å². The van der Waals surface area contributed by atoms with Crippen LogP contribution in [0, 0.1) is 17.8 Å². The SMILES string of the molecule is CC(C)C(C)NC(=O)C1CCN(C(=O)C2CCN(C(=O)/C=C/c3ccccc3)CC2)CC1. The molecule has 6 heteroatoms. The Morgan fingerprint density at radius 2 is 1.44 bits per heavy atom. The molecule has 1 aromatic carbocycles. The number of carbonyl (C=O) groups excluding carboxylic acids is 3. The highest BCUT2D eigenvalue weighted by Gasteiger charge is 2.33. The maximum Gasteiger partial charge on any atom is 0.246 e. The molecule has 6 nitrogen and oxygen atoms in total. The third-order valence-corrected chi connectivity index (χ3v) is 6.92. The molecule has 174 valence electrons. The number of nitrogens with one attached hydrogen (secondary N) is 1. The lowest BCUT2D eigenvalue weighted by molar-refractivity contribution is -0.142. The van der Waals surface area contributed by atoms with Crippen LogP contribution in [-0.2, 0) is 14.4 Å². The van der Waals surface area contributed by atoms with E-state index in [9.17, 15) is 14.4 Å². The van der Waals surface area contributed by atoms with Crippen molar-refractivity contribution < 1.29 is 14.4 Å². The third kappa shape index (κ3) is 6.44. The highest BCUT2D eigenvalue weighted by atomic mass is 16.2. The quantitative estimate of drug-likeness (QED) is 0.691. The van der Waals surface area contributed by atoms with Gasteiger partial charge >= 0.3 is 0 Å². The van der Waals surface area contributed by atoms with Crippen LogP contribution in [-0.4, -0.2) is 59.7 Å². The molecule has 1 unspecified atom stereocenters. The van der Waals surface area contributed by atoms with Crippen molar-refractivity contribution >= 4 is 23.8 Å². The van der Waals surface area contributed by atoms with Crippen LogP contribution in [0.3, 0.4) is 0 Å². The smallest absolute Gasteiger partial charge is 0.246 e. The van der Waals surface area contributed by atoms with E-state index in [2.05, 4.69) is 19.2 Å². The molecule has 1 N–H and O–H groups in total. The average Bonchev–Trinajstić information content (AvgIpc) is 2.82. The van der Waals surface area contributed by atoms with Gasteiger partial charge in [0.15, 0.2) is 0 Å². The van der Waals surface area contributed by atoms with Crippen molar-refractivity contribution in [3.05, 3.63) is 42.0 Å². The van der Waals surface area contributed by atoms with E-state index in [0.29, 0.717) is 44.9 Å². The summed E-state index contributed by atoms with van der Waals surface area (Å²) in [6.45, 7) is 8.75. The molecule has 2 heterocycles. The summed E-state index contributed by atoms with van der Waals surface area (Å²) in [6, 6.07) is 9.94. The lowest BCUT2D eigenvalue weighted by atomic mass is 9.91. The molecule has 1 atom stereocenters. The molecule has 32 heavy (non-hydrogen) atoms. The van der Waals surface area contributed by atoms with Crippen molar-refractivity contribution in [3.63, 3.8) is 0 Å². The second-order valence-corrected chi connectivity index (χ2v) is 9.48. The van der Waals surface area contributed by atoms with Gasteiger partial charge in [-0.2, -0.15) is 0 Å². The summed E-state index contributed by atoms with van der Waals surface area (Å²) >= 11 is 0. The Morgan fingerprint density at radius 3 is 2.03 bits per heavy atom. The van der Waals surface area contributed by atoms with Crippen molar-refractivity contribution in [1.29, 1.82) is 0 Å². The van der Waals surface area contributed by atoms with E-state index in [-0.39, 0.29) is 35.6 Å². The van der Waals surface area contributed by atoms with Crippen LogP contribution in [0.1, 0.15) is 52.0 Å². The zero-order valence-electron chi connectivity index (χ0n) is 19.6. The molecule has 0 aliphatic carbocycles. The predicted octanol–water partition coefficient (Wildman–Crippen LogP) is 3.34. The monoisotopic (exact) mass is 439 g/mol. The van der Waals surface area contributed by atoms with Gasteiger partial charge in [0.1, 0.15) is 0 Å². The Morgan fingerprint density at radius 1 is 0.875 bits per heavy atom. The van der Waals surface area contributed by atoms with Gasteiger partial charge in [-0.25, -0.2) is 0 Å². The van der Waals surface area contributed by atoms with E-state index in [0.717, 1.165) is 18.4 Å². The second kappa shape index (κ2) is 11.3. The Hall–Kier alpha value is -2.63. The Balaban J connectivity index is 1.41. The maximum absolute atomic E-state index is 13.0. The lowest BCUT2D eigenvalue weighted by Gasteiger charge is -2.37. The molecule has 2 aliphatic rings. The van der Waals surface area contributed by atoms with E-state index in [1.165, 1.54) is 0 Å². The number of hydrogen-bond acceptors (Lipinski definition) is 3. The van der Waals surface area contributed by atoms with Crippen molar-refractivity contribution in [2.75, 3.05) is 26.2 Å². The number of likely N-dealkylation sites (tertiary alicyclic amines) is 2. The van der Waals surface area contributed by atoms with E-state index < -0.39 is 0 Å². The summed E-state index contributed by atoms with van der Waals surface area (Å²) in [5.41, 5.74) is 1.00. The number of carbonyl (C=O) groups is 3. The van der Waals surface area contributed by atoms with E-state index in [1.54, 1.807) is 6.08 Å².